The molecule has 0 bridgehead atoms. The van der Waals surface area contributed by atoms with Crippen molar-refractivity contribution in [1.29, 1.82) is 0 Å². The van der Waals surface area contributed by atoms with Gasteiger partial charge in [-0.15, -0.1) is 11.3 Å². The number of fused-ring (bicyclic) bond motifs is 2. The van der Waals surface area contributed by atoms with Crippen LogP contribution < -0.4 is 14.8 Å². The Bertz CT molecular complexity index is 854. The minimum Gasteiger partial charge on any atom is -0.490 e. The Morgan fingerprint density at radius 3 is 2.56 bits per heavy atom. The predicted octanol–water partition coefficient (Wildman–Crippen LogP) is 4.93. The number of hydrogen-bond acceptors (Lipinski definition) is 4. The van der Waals surface area contributed by atoms with Crippen LogP contribution >= 0.6 is 11.3 Å². The van der Waals surface area contributed by atoms with E-state index in [9.17, 15) is 0 Å². The third kappa shape index (κ3) is 3.12. The van der Waals surface area contributed by atoms with Gasteiger partial charge < -0.3 is 14.8 Å². The van der Waals surface area contributed by atoms with Gasteiger partial charge in [0.05, 0.1) is 19.3 Å². The van der Waals surface area contributed by atoms with Gasteiger partial charge in [0.15, 0.2) is 11.5 Å². The summed E-state index contributed by atoms with van der Waals surface area (Å²) in [5.41, 5.74) is 2.66. The molecule has 0 radical (unpaired) electrons. The number of nitrogens with one attached hydrogen (secondary N) is 1. The Morgan fingerprint density at radius 2 is 1.80 bits per heavy atom. The van der Waals surface area contributed by atoms with E-state index in [1.54, 1.807) is 0 Å². The molecule has 0 fully saturated rings. The Kier molecular flexibility index (Phi) is 4.64. The summed E-state index contributed by atoms with van der Waals surface area (Å²) >= 11 is 1.87. The van der Waals surface area contributed by atoms with Gasteiger partial charge in [0, 0.05) is 16.1 Å². The molecule has 130 valence electrons. The molecule has 0 unspecified atom stereocenters. The smallest absolute Gasteiger partial charge is 0.161 e. The molecule has 1 atom stereocenters. The van der Waals surface area contributed by atoms with Crippen LogP contribution in [0, 0.1) is 0 Å². The van der Waals surface area contributed by atoms with Crippen LogP contribution in [0.5, 0.6) is 11.5 Å². The molecule has 4 heteroatoms. The second kappa shape index (κ2) is 7.06. The summed E-state index contributed by atoms with van der Waals surface area (Å²) < 4.78 is 13.0. The fourth-order valence-corrected chi connectivity index (χ4v) is 4.66. The summed E-state index contributed by atoms with van der Waals surface area (Å²) in [6.45, 7) is 6.29. The van der Waals surface area contributed by atoms with Crippen molar-refractivity contribution in [3.05, 3.63) is 58.5 Å². The van der Waals surface area contributed by atoms with Gasteiger partial charge in [0.1, 0.15) is 0 Å². The molecule has 3 nitrogen and oxygen atoms in total. The molecule has 0 aliphatic carbocycles. The number of rotatable bonds is 5. The zero-order valence-electron chi connectivity index (χ0n) is 14.7. The molecule has 1 aliphatic rings. The molecule has 0 saturated heterocycles. The highest BCUT2D eigenvalue weighted by Crippen LogP contribution is 2.40. The van der Waals surface area contributed by atoms with E-state index < -0.39 is 0 Å². The molecule has 0 amide bonds. The van der Waals surface area contributed by atoms with Crippen molar-refractivity contribution in [2.75, 3.05) is 19.8 Å². The zero-order chi connectivity index (χ0) is 17.2. The molecule has 25 heavy (non-hydrogen) atoms. The maximum atomic E-state index is 5.85. The van der Waals surface area contributed by atoms with Crippen LogP contribution in [0.25, 0.3) is 10.1 Å². The lowest BCUT2D eigenvalue weighted by Gasteiger charge is -2.27. The van der Waals surface area contributed by atoms with E-state index in [2.05, 4.69) is 47.8 Å². The molecule has 1 aromatic heterocycles. The Morgan fingerprint density at radius 1 is 1.04 bits per heavy atom. The van der Waals surface area contributed by atoms with E-state index in [4.69, 9.17) is 9.47 Å². The minimum absolute atomic E-state index is 0.219. The third-order valence-electron chi connectivity index (χ3n) is 4.59. The topological polar surface area (TPSA) is 30.5 Å². The Labute approximate surface area is 152 Å². The molecule has 0 saturated carbocycles. The fourth-order valence-electron chi connectivity index (χ4n) is 3.50. The minimum atomic E-state index is 0.219. The average molecular weight is 353 g/mol. The first-order chi connectivity index (χ1) is 12.3. The van der Waals surface area contributed by atoms with Crippen LogP contribution in [-0.2, 0) is 6.42 Å². The Balaban J connectivity index is 1.78. The van der Waals surface area contributed by atoms with Gasteiger partial charge in [0.2, 0.25) is 0 Å². The van der Waals surface area contributed by atoms with Crippen molar-refractivity contribution >= 4 is 21.4 Å². The summed E-state index contributed by atoms with van der Waals surface area (Å²) in [6, 6.07) is 15.4. The lowest BCUT2D eigenvalue weighted by atomic mass is 9.92. The molecule has 4 rings (SSSR count). The first-order valence-corrected chi connectivity index (χ1v) is 9.76. The highest BCUT2D eigenvalue weighted by atomic mass is 32.1. The van der Waals surface area contributed by atoms with Crippen LogP contribution in [0.1, 0.15) is 35.9 Å². The quantitative estimate of drug-likeness (QED) is 0.705. The van der Waals surface area contributed by atoms with Gasteiger partial charge >= 0.3 is 0 Å². The van der Waals surface area contributed by atoms with E-state index in [1.165, 1.54) is 26.1 Å². The zero-order valence-corrected chi connectivity index (χ0v) is 15.5. The third-order valence-corrected chi connectivity index (χ3v) is 5.77. The Hall–Kier alpha value is -2.04. The van der Waals surface area contributed by atoms with E-state index in [-0.39, 0.29) is 6.04 Å². The van der Waals surface area contributed by atoms with Gasteiger partial charge in [-0.05, 0) is 61.0 Å². The standard InChI is InChI=1S/C21H23NO2S/c1-3-23-17-11-14-9-10-22-21(16(14)13-18(17)24-4-2)20-12-15-7-5-6-8-19(15)25-20/h5-8,11-13,21-22H,3-4,9-10H2,1-2H3/t21-/m1/s1. The summed E-state index contributed by atoms with van der Waals surface area (Å²) in [6.07, 6.45) is 1.02. The lowest BCUT2D eigenvalue weighted by Crippen LogP contribution is -2.30. The molecule has 1 aliphatic heterocycles. The van der Waals surface area contributed by atoms with Gasteiger partial charge in [-0.25, -0.2) is 0 Å². The predicted molar refractivity (Wildman–Crippen MR) is 104 cm³/mol. The molecule has 1 N–H and O–H groups in total. The summed E-state index contributed by atoms with van der Waals surface area (Å²) in [4.78, 5) is 1.36. The number of benzene rings is 2. The molecule has 2 heterocycles. The van der Waals surface area contributed by atoms with Gasteiger partial charge in [-0.3, -0.25) is 0 Å². The van der Waals surface area contributed by atoms with Crippen molar-refractivity contribution in [3.63, 3.8) is 0 Å². The summed E-state index contributed by atoms with van der Waals surface area (Å²) in [5.74, 6) is 1.71. The van der Waals surface area contributed by atoms with E-state index >= 15 is 0 Å². The van der Waals surface area contributed by atoms with Crippen LogP contribution in [0.15, 0.2) is 42.5 Å². The number of hydrogen-bond donors (Lipinski definition) is 1. The van der Waals surface area contributed by atoms with Gasteiger partial charge in [-0.2, -0.15) is 0 Å². The number of thiophene rings is 1. The van der Waals surface area contributed by atoms with Crippen LogP contribution in [0.3, 0.4) is 0 Å². The second-order valence-corrected chi connectivity index (χ2v) is 7.30. The average Bonchev–Trinajstić information content (AvgIpc) is 3.06. The fraction of sp³-hybridized carbons (Fsp3) is 0.333. The van der Waals surface area contributed by atoms with Gasteiger partial charge in [0.25, 0.3) is 0 Å². The molecule has 2 aromatic carbocycles. The van der Waals surface area contributed by atoms with Crippen LogP contribution in [0.4, 0.5) is 0 Å². The van der Waals surface area contributed by atoms with Crippen molar-refractivity contribution in [1.82, 2.24) is 5.32 Å². The maximum absolute atomic E-state index is 5.85. The molecule has 3 aromatic rings. The normalized spacial score (nSPS) is 16.6. The maximum Gasteiger partial charge on any atom is 0.161 e. The van der Waals surface area contributed by atoms with Crippen molar-refractivity contribution in [3.8, 4) is 11.5 Å². The first kappa shape index (κ1) is 16.4. The first-order valence-electron chi connectivity index (χ1n) is 8.94. The van der Waals surface area contributed by atoms with E-state index in [0.29, 0.717) is 13.2 Å². The monoisotopic (exact) mass is 353 g/mol. The van der Waals surface area contributed by atoms with Crippen molar-refractivity contribution in [2.45, 2.75) is 26.3 Å². The second-order valence-electron chi connectivity index (χ2n) is 6.19. The van der Waals surface area contributed by atoms with Crippen LogP contribution in [0.2, 0.25) is 0 Å². The number of ether oxygens (including phenoxy) is 2. The highest BCUT2D eigenvalue weighted by molar-refractivity contribution is 7.19. The van der Waals surface area contributed by atoms with E-state index in [0.717, 1.165) is 24.5 Å². The summed E-state index contributed by atoms with van der Waals surface area (Å²) in [5, 5.41) is 5.00. The van der Waals surface area contributed by atoms with Gasteiger partial charge in [-0.1, -0.05) is 18.2 Å². The van der Waals surface area contributed by atoms with Crippen molar-refractivity contribution in [2.24, 2.45) is 0 Å². The molecule has 0 spiro atoms. The molecular formula is C21H23NO2S. The SMILES string of the molecule is CCOc1cc2c(cc1OCC)[C@H](c1cc3ccccc3s1)NCC2. The van der Waals surface area contributed by atoms with Crippen molar-refractivity contribution < 1.29 is 9.47 Å². The lowest BCUT2D eigenvalue weighted by molar-refractivity contribution is 0.286. The molecular weight excluding hydrogens is 330 g/mol. The largest absolute Gasteiger partial charge is 0.490 e. The van der Waals surface area contributed by atoms with E-state index in [1.807, 2.05) is 25.2 Å². The highest BCUT2D eigenvalue weighted by Gasteiger charge is 2.25. The van der Waals surface area contributed by atoms with Crippen LogP contribution in [-0.4, -0.2) is 19.8 Å². The summed E-state index contributed by atoms with van der Waals surface area (Å²) in [7, 11) is 0.